The Bertz CT molecular complexity index is 448. The minimum absolute atomic E-state index is 0.398. The molecular formula is C13H12O2S. The molecule has 0 bridgehead atoms. The molecule has 0 radical (unpaired) electrons. The maximum atomic E-state index is 10.4. The molecular weight excluding hydrogens is 220 g/mol. The molecule has 2 nitrogen and oxygen atoms in total. The van der Waals surface area contributed by atoms with Gasteiger partial charge in [-0.1, -0.05) is 30.3 Å². The van der Waals surface area contributed by atoms with Crippen molar-refractivity contribution in [3.05, 3.63) is 59.5 Å². The van der Waals surface area contributed by atoms with Crippen molar-refractivity contribution < 1.29 is 9.21 Å². The second-order valence-electron chi connectivity index (χ2n) is 3.40. The molecule has 1 heterocycles. The van der Waals surface area contributed by atoms with E-state index in [4.69, 9.17) is 4.42 Å². The normalized spacial score (nSPS) is 10.2. The zero-order valence-corrected chi connectivity index (χ0v) is 9.57. The van der Waals surface area contributed by atoms with Gasteiger partial charge in [0.2, 0.25) is 0 Å². The van der Waals surface area contributed by atoms with Gasteiger partial charge in [-0.05, 0) is 17.7 Å². The largest absolute Gasteiger partial charge is 0.457 e. The quantitative estimate of drug-likeness (QED) is 0.739. The van der Waals surface area contributed by atoms with Crippen LogP contribution in [-0.2, 0) is 11.5 Å². The van der Waals surface area contributed by atoms with E-state index in [1.165, 1.54) is 5.56 Å². The zero-order valence-electron chi connectivity index (χ0n) is 8.76. The summed E-state index contributed by atoms with van der Waals surface area (Å²) in [5, 5.41) is 0. The summed E-state index contributed by atoms with van der Waals surface area (Å²) in [4.78, 5) is 10.4. The highest BCUT2D eigenvalue weighted by atomic mass is 32.2. The van der Waals surface area contributed by atoms with E-state index in [2.05, 4.69) is 12.1 Å². The molecule has 2 rings (SSSR count). The summed E-state index contributed by atoms with van der Waals surface area (Å²) in [6, 6.07) is 13.8. The van der Waals surface area contributed by atoms with Crippen LogP contribution in [0, 0.1) is 0 Å². The fourth-order valence-corrected chi connectivity index (χ4v) is 2.27. The number of benzene rings is 1. The van der Waals surface area contributed by atoms with Crippen LogP contribution in [0.2, 0.25) is 0 Å². The summed E-state index contributed by atoms with van der Waals surface area (Å²) < 4.78 is 5.28. The molecule has 0 aliphatic rings. The van der Waals surface area contributed by atoms with E-state index in [-0.39, 0.29) is 0 Å². The molecule has 82 valence electrons. The number of hydrogen-bond acceptors (Lipinski definition) is 3. The van der Waals surface area contributed by atoms with Crippen molar-refractivity contribution in [3.63, 3.8) is 0 Å². The van der Waals surface area contributed by atoms with Gasteiger partial charge in [0.25, 0.3) is 0 Å². The molecule has 0 saturated heterocycles. The van der Waals surface area contributed by atoms with Gasteiger partial charge in [-0.2, -0.15) is 0 Å². The first-order valence-electron chi connectivity index (χ1n) is 5.04. The lowest BCUT2D eigenvalue weighted by atomic mass is 10.2. The second-order valence-corrected chi connectivity index (χ2v) is 4.39. The third-order valence-corrected chi connectivity index (χ3v) is 3.18. The van der Waals surface area contributed by atoms with E-state index in [0.29, 0.717) is 5.76 Å². The molecule has 0 N–H and O–H groups in total. The maximum Gasteiger partial charge on any atom is 0.185 e. The van der Waals surface area contributed by atoms with Crippen LogP contribution in [0.3, 0.4) is 0 Å². The highest BCUT2D eigenvalue weighted by Gasteiger charge is 2.01. The molecule has 2 aromatic rings. The van der Waals surface area contributed by atoms with Crippen LogP contribution in [-0.4, -0.2) is 6.29 Å². The van der Waals surface area contributed by atoms with Crippen LogP contribution in [0.5, 0.6) is 0 Å². The van der Waals surface area contributed by atoms with Crippen molar-refractivity contribution >= 4 is 18.0 Å². The van der Waals surface area contributed by atoms with Crippen molar-refractivity contribution in [1.82, 2.24) is 0 Å². The molecule has 0 aliphatic carbocycles. The summed E-state index contributed by atoms with van der Waals surface area (Å²) in [7, 11) is 0. The SMILES string of the molecule is O=Cc1ccc(CSCc2ccccc2)o1. The lowest BCUT2D eigenvalue weighted by Gasteiger charge is -1.99. The Kier molecular flexibility index (Phi) is 3.83. The zero-order chi connectivity index (χ0) is 11.2. The van der Waals surface area contributed by atoms with Gasteiger partial charge in [0.1, 0.15) is 5.76 Å². The van der Waals surface area contributed by atoms with Gasteiger partial charge in [-0.3, -0.25) is 4.79 Å². The van der Waals surface area contributed by atoms with Gasteiger partial charge in [0, 0.05) is 5.75 Å². The third-order valence-electron chi connectivity index (χ3n) is 2.15. The van der Waals surface area contributed by atoms with Crippen molar-refractivity contribution in [2.24, 2.45) is 0 Å². The summed E-state index contributed by atoms with van der Waals surface area (Å²) in [6.45, 7) is 0. The Hall–Kier alpha value is -1.48. The molecule has 0 atom stereocenters. The first kappa shape index (κ1) is 11.0. The van der Waals surface area contributed by atoms with Crippen LogP contribution in [0.4, 0.5) is 0 Å². The maximum absolute atomic E-state index is 10.4. The van der Waals surface area contributed by atoms with Gasteiger partial charge in [-0.15, -0.1) is 11.8 Å². The number of carbonyl (C=O) groups is 1. The highest BCUT2D eigenvalue weighted by Crippen LogP contribution is 2.18. The molecule has 3 heteroatoms. The smallest absolute Gasteiger partial charge is 0.185 e. The van der Waals surface area contributed by atoms with Crippen LogP contribution in [0.25, 0.3) is 0 Å². The van der Waals surface area contributed by atoms with Crippen molar-refractivity contribution in [2.45, 2.75) is 11.5 Å². The minimum Gasteiger partial charge on any atom is -0.457 e. The standard InChI is InChI=1S/C13H12O2S/c14-8-12-6-7-13(15-12)10-16-9-11-4-2-1-3-5-11/h1-8H,9-10H2. The predicted octanol–water partition coefficient (Wildman–Crippen LogP) is 3.53. The summed E-state index contributed by atoms with van der Waals surface area (Å²) in [5.41, 5.74) is 1.30. The summed E-state index contributed by atoms with van der Waals surface area (Å²) in [6.07, 6.45) is 0.728. The Morgan fingerprint density at radius 2 is 1.88 bits per heavy atom. The van der Waals surface area contributed by atoms with Gasteiger partial charge in [0.15, 0.2) is 12.0 Å². The average molecular weight is 232 g/mol. The van der Waals surface area contributed by atoms with Crippen molar-refractivity contribution in [1.29, 1.82) is 0 Å². The van der Waals surface area contributed by atoms with E-state index >= 15 is 0 Å². The van der Waals surface area contributed by atoms with E-state index in [1.54, 1.807) is 17.8 Å². The van der Waals surface area contributed by atoms with Crippen molar-refractivity contribution in [2.75, 3.05) is 0 Å². The molecule has 1 aromatic heterocycles. The Morgan fingerprint density at radius 3 is 2.56 bits per heavy atom. The van der Waals surface area contributed by atoms with E-state index in [1.807, 2.05) is 24.3 Å². The van der Waals surface area contributed by atoms with Gasteiger partial charge >= 0.3 is 0 Å². The highest BCUT2D eigenvalue weighted by molar-refractivity contribution is 7.97. The lowest BCUT2D eigenvalue weighted by molar-refractivity contribution is 0.109. The molecule has 0 aliphatic heterocycles. The first-order chi connectivity index (χ1) is 7.88. The Morgan fingerprint density at radius 1 is 1.06 bits per heavy atom. The van der Waals surface area contributed by atoms with Gasteiger partial charge in [-0.25, -0.2) is 0 Å². The number of thioether (sulfide) groups is 1. The number of carbonyl (C=O) groups excluding carboxylic acids is 1. The average Bonchev–Trinajstić information content (AvgIpc) is 2.78. The monoisotopic (exact) mass is 232 g/mol. The lowest BCUT2D eigenvalue weighted by Crippen LogP contribution is -1.80. The predicted molar refractivity (Wildman–Crippen MR) is 65.5 cm³/mol. The van der Waals surface area contributed by atoms with Crippen molar-refractivity contribution in [3.8, 4) is 0 Å². The Labute approximate surface area is 98.7 Å². The molecule has 0 spiro atoms. The fraction of sp³-hybridized carbons (Fsp3) is 0.154. The number of rotatable bonds is 5. The van der Waals surface area contributed by atoms with Crippen LogP contribution >= 0.6 is 11.8 Å². The second kappa shape index (κ2) is 5.56. The number of hydrogen-bond donors (Lipinski definition) is 0. The van der Waals surface area contributed by atoms with E-state index in [0.717, 1.165) is 23.6 Å². The summed E-state index contributed by atoms with van der Waals surface area (Å²) in [5.74, 6) is 3.00. The molecule has 1 aromatic carbocycles. The molecule has 0 amide bonds. The first-order valence-corrected chi connectivity index (χ1v) is 6.19. The van der Waals surface area contributed by atoms with Crippen LogP contribution < -0.4 is 0 Å². The van der Waals surface area contributed by atoms with Gasteiger partial charge in [0.05, 0.1) is 5.75 Å². The third kappa shape index (κ3) is 3.00. The Balaban J connectivity index is 1.82. The number of aldehydes is 1. The topological polar surface area (TPSA) is 30.2 Å². The number of furan rings is 1. The molecule has 0 fully saturated rings. The summed E-state index contributed by atoms with van der Waals surface area (Å²) >= 11 is 1.77. The molecule has 0 unspecified atom stereocenters. The minimum atomic E-state index is 0.398. The van der Waals surface area contributed by atoms with E-state index < -0.39 is 0 Å². The van der Waals surface area contributed by atoms with E-state index in [9.17, 15) is 4.79 Å². The van der Waals surface area contributed by atoms with Crippen LogP contribution in [0.15, 0.2) is 46.9 Å². The van der Waals surface area contributed by atoms with Crippen LogP contribution in [0.1, 0.15) is 21.9 Å². The van der Waals surface area contributed by atoms with Gasteiger partial charge < -0.3 is 4.42 Å². The molecule has 16 heavy (non-hydrogen) atoms. The molecule has 0 saturated carbocycles. The fourth-order valence-electron chi connectivity index (χ4n) is 1.38.